The molecule has 74 valence electrons. The van der Waals surface area contributed by atoms with E-state index >= 15 is 0 Å². The van der Waals surface area contributed by atoms with E-state index in [4.69, 9.17) is 9.59 Å². The van der Waals surface area contributed by atoms with Crippen LogP contribution in [-0.4, -0.2) is 45.0 Å². The van der Waals surface area contributed by atoms with Crippen LogP contribution in [0.4, 0.5) is 13.2 Å². The fourth-order valence-electron chi connectivity index (χ4n) is 0.320. The molecule has 0 aromatic heterocycles. The van der Waals surface area contributed by atoms with Gasteiger partial charge in [0.05, 0.1) is 6.61 Å². The fraction of sp³-hybridized carbons (Fsp3) is 1.00. The van der Waals surface area contributed by atoms with Crippen LogP contribution in [0.1, 0.15) is 0 Å². The Kier molecular flexibility index (Phi) is 4.71. The summed E-state index contributed by atoms with van der Waals surface area (Å²) in [5.74, 6) is 0. The van der Waals surface area contributed by atoms with E-state index < -0.39 is 28.3 Å². The smallest absolute Gasteiger partial charge is 0.367 e. The Morgan fingerprint density at radius 3 is 2.17 bits per heavy atom. The van der Waals surface area contributed by atoms with Crippen molar-refractivity contribution in [3.8, 4) is 0 Å². The highest BCUT2D eigenvalue weighted by molar-refractivity contribution is 6.50. The van der Waals surface area contributed by atoms with Crippen LogP contribution in [0, 0.1) is 0 Å². The standard InChI is InChI=1S/C4H9F3O4Si/c1-10-12(8,9)11-2-3(5)4(6)7/h3-4,8-9H,2H2,1H3. The van der Waals surface area contributed by atoms with E-state index in [0.29, 0.717) is 0 Å². The van der Waals surface area contributed by atoms with Gasteiger partial charge in [0.1, 0.15) is 0 Å². The molecule has 0 saturated carbocycles. The topological polar surface area (TPSA) is 58.9 Å². The van der Waals surface area contributed by atoms with Crippen molar-refractivity contribution in [3.63, 3.8) is 0 Å². The van der Waals surface area contributed by atoms with Gasteiger partial charge in [-0.3, -0.25) is 0 Å². The second-order valence-electron chi connectivity index (χ2n) is 1.91. The van der Waals surface area contributed by atoms with Gasteiger partial charge in [-0.2, -0.15) is 0 Å². The first-order chi connectivity index (χ1) is 5.39. The molecule has 4 nitrogen and oxygen atoms in total. The molecule has 1 atom stereocenters. The van der Waals surface area contributed by atoms with Crippen molar-refractivity contribution in [2.45, 2.75) is 12.6 Å². The lowest BCUT2D eigenvalue weighted by Gasteiger charge is -2.15. The molecule has 0 aromatic carbocycles. The van der Waals surface area contributed by atoms with E-state index in [2.05, 4.69) is 8.85 Å². The van der Waals surface area contributed by atoms with Crippen molar-refractivity contribution in [1.82, 2.24) is 0 Å². The molecule has 1 unspecified atom stereocenters. The number of hydrogen-bond donors (Lipinski definition) is 2. The Morgan fingerprint density at radius 1 is 1.33 bits per heavy atom. The van der Waals surface area contributed by atoms with Crippen molar-refractivity contribution in [3.05, 3.63) is 0 Å². The molecule has 0 saturated heterocycles. The maximum atomic E-state index is 12.1. The zero-order valence-electron chi connectivity index (χ0n) is 6.21. The summed E-state index contributed by atoms with van der Waals surface area (Å²) in [5.41, 5.74) is 0. The lowest BCUT2D eigenvalue weighted by atomic mass is 10.4. The summed E-state index contributed by atoms with van der Waals surface area (Å²) in [6, 6.07) is 0. The minimum atomic E-state index is -4.36. The molecular weight excluding hydrogens is 197 g/mol. The van der Waals surface area contributed by atoms with Crippen LogP contribution < -0.4 is 0 Å². The van der Waals surface area contributed by atoms with Crippen LogP contribution in [-0.2, 0) is 8.85 Å². The third-order valence-electron chi connectivity index (χ3n) is 0.970. The number of rotatable bonds is 5. The van der Waals surface area contributed by atoms with Crippen molar-refractivity contribution in [1.29, 1.82) is 0 Å². The van der Waals surface area contributed by atoms with Crippen LogP contribution in [0.15, 0.2) is 0 Å². The Hall–Kier alpha value is -0.153. The van der Waals surface area contributed by atoms with Crippen LogP contribution in [0.5, 0.6) is 0 Å². The molecule has 0 amide bonds. The first-order valence-corrected chi connectivity index (χ1v) is 4.66. The lowest BCUT2D eigenvalue weighted by Crippen LogP contribution is -2.43. The minimum absolute atomic E-state index is 0.918. The largest absolute Gasteiger partial charge is 0.673 e. The van der Waals surface area contributed by atoms with Crippen molar-refractivity contribution in [2.24, 2.45) is 0 Å². The van der Waals surface area contributed by atoms with E-state index in [1.54, 1.807) is 0 Å². The molecule has 0 rings (SSSR count). The van der Waals surface area contributed by atoms with E-state index in [1.165, 1.54) is 0 Å². The SMILES string of the molecule is CO[Si](O)(O)OCC(F)C(F)F. The third-order valence-corrected chi connectivity index (χ3v) is 2.04. The molecule has 0 fully saturated rings. The number of halogens is 3. The Bertz CT molecular complexity index is 133. The van der Waals surface area contributed by atoms with E-state index in [9.17, 15) is 13.2 Å². The normalized spacial score (nSPS) is 15.2. The van der Waals surface area contributed by atoms with Crippen molar-refractivity contribution >= 4 is 9.05 Å². The summed E-state index contributed by atoms with van der Waals surface area (Å²) in [5, 5.41) is 0. The van der Waals surface area contributed by atoms with Crippen LogP contribution in [0.3, 0.4) is 0 Å². The third kappa shape index (κ3) is 4.67. The minimum Gasteiger partial charge on any atom is -0.367 e. The van der Waals surface area contributed by atoms with Crippen molar-refractivity contribution < 1.29 is 31.6 Å². The molecule has 0 aliphatic rings. The molecule has 12 heavy (non-hydrogen) atoms. The van der Waals surface area contributed by atoms with Gasteiger partial charge in [-0.15, -0.1) is 0 Å². The molecule has 0 aliphatic heterocycles. The van der Waals surface area contributed by atoms with Crippen molar-refractivity contribution in [2.75, 3.05) is 13.7 Å². The summed E-state index contributed by atoms with van der Waals surface area (Å²) in [4.78, 5) is 17.2. The average molecular weight is 206 g/mol. The summed E-state index contributed by atoms with van der Waals surface area (Å²) >= 11 is 0. The Morgan fingerprint density at radius 2 is 1.83 bits per heavy atom. The van der Waals surface area contributed by atoms with Gasteiger partial charge in [-0.05, 0) is 0 Å². The Labute approximate surface area is 68.0 Å². The number of alkyl halides is 3. The van der Waals surface area contributed by atoms with Crippen LogP contribution in [0.2, 0.25) is 0 Å². The van der Waals surface area contributed by atoms with E-state index in [0.717, 1.165) is 7.11 Å². The first-order valence-electron chi connectivity index (χ1n) is 2.95. The molecule has 2 N–H and O–H groups in total. The number of hydrogen-bond acceptors (Lipinski definition) is 4. The van der Waals surface area contributed by atoms with Gasteiger partial charge < -0.3 is 18.4 Å². The molecule has 0 radical (unpaired) electrons. The highest BCUT2D eigenvalue weighted by Gasteiger charge is 2.36. The fourth-order valence-corrected chi connectivity index (χ4v) is 0.814. The predicted octanol–water partition coefficient (Wildman–Crippen LogP) is -0.327. The lowest BCUT2D eigenvalue weighted by molar-refractivity contribution is -0.0205. The monoisotopic (exact) mass is 206 g/mol. The summed E-state index contributed by atoms with van der Waals surface area (Å²) < 4.78 is 42.9. The first kappa shape index (κ1) is 11.8. The van der Waals surface area contributed by atoms with Gasteiger partial charge in [-0.25, -0.2) is 13.2 Å². The molecule has 0 spiro atoms. The molecule has 0 heterocycles. The highest BCUT2D eigenvalue weighted by atomic mass is 28.4. The zero-order valence-corrected chi connectivity index (χ0v) is 7.21. The summed E-state index contributed by atoms with van der Waals surface area (Å²) in [7, 11) is -3.44. The van der Waals surface area contributed by atoms with Gasteiger partial charge in [0.15, 0.2) is 6.17 Å². The molecule has 0 bridgehead atoms. The van der Waals surface area contributed by atoms with Gasteiger partial charge in [0, 0.05) is 7.11 Å². The van der Waals surface area contributed by atoms with Gasteiger partial charge in [-0.1, -0.05) is 0 Å². The van der Waals surface area contributed by atoms with Gasteiger partial charge in [0.25, 0.3) is 6.43 Å². The Balaban J connectivity index is 3.67. The maximum absolute atomic E-state index is 12.1. The van der Waals surface area contributed by atoms with E-state index in [1.807, 2.05) is 0 Å². The second kappa shape index (κ2) is 4.77. The molecule has 0 aliphatic carbocycles. The maximum Gasteiger partial charge on any atom is 0.673 e. The van der Waals surface area contributed by atoms with Crippen LogP contribution >= 0.6 is 0 Å². The predicted molar refractivity (Wildman–Crippen MR) is 34.1 cm³/mol. The van der Waals surface area contributed by atoms with E-state index in [-0.39, 0.29) is 0 Å². The highest BCUT2D eigenvalue weighted by Crippen LogP contribution is 2.07. The van der Waals surface area contributed by atoms with Gasteiger partial charge in [0.2, 0.25) is 0 Å². The molecule has 8 heteroatoms. The quantitative estimate of drug-likeness (QED) is 0.605. The van der Waals surface area contributed by atoms with Gasteiger partial charge >= 0.3 is 9.05 Å². The zero-order chi connectivity index (χ0) is 9.78. The molecular formula is C4H9F3O4Si. The average Bonchev–Trinajstić information content (AvgIpc) is 2.00. The second-order valence-corrected chi connectivity index (χ2v) is 3.71. The van der Waals surface area contributed by atoms with Crippen LogP contribution in [0.25, 0.3) is 0 Å². The molecule has 0 aromatic rings. The summed E-state index contributed by atoms with van der Waals surface area (Å²) in [6.45, 7) is -1.09. The summed E-state index contributed by atoms with van der Waals surface area (Å²) in [6.07, 6.45) is -5.74.